The average Bonchev–Trinajstić information content (AvgIpc) is 2.18. The van der Waals surface area contributed by atoms with Gasteiger partial charge in [0.25, 0.3) is 0 Å². The molecule has 0 aromatic carbocycles. The van der Waals surface area contributed by atoms with Crippen molar-refractivity contribution in [2.45, 2.75) is 6.42 Å². The van der Waals surface area contributed by atoms with Crippen molar-refractivity contribution in [2.24, 2.45) is 0 Å². The first-order chi connectivity index (χ1) is 6.29. The molecule has 0 unspecified atom stereocenters. The van der Waals surface area contributed by atoms with Gasteiger partial charge < -0.3 is 4.74 Å². The SMILES string of the molecule is COC(=O)c1cnccc1CC#N. The maximum absolute atomic E-state index is 11.1. The first-order valence-corrected chi connectivity index (χ1v) is 3.67. The van der Waals surface area contributed by atoms with Crippen LogP contribution in [0.15, 0.2) is 18.5 Å². The highest BCUT2D eigenvalue weighted by molar-refractivity contribution is 5.90. The fraction of sp³-hybridized carbons (Fsp3) is 0.222. The smallest absolute Gasteiger partial charge is 0.339 e. The van der Waals surface area contributed by atoms with Gasteiger partial charge in [0.05, 0.1) is 25.2 Å². The van der Waals surface area contributed by atoms with Gasteiger partial charge >= 0.3 is 5.97 Å². The van der Waals surface area contributed by atoms with Crippen molar-refractivity contribution < 1.29 is 9.53 Å². The molecule has 66 valence electrons. The molecule has 0 saturated heterocycles. The molecule has 0 atom stereocenters. The summed E-state index contributed by atoms with van der Waals surface area (Å²) in [7, 11) is 1.30. The molecule has 0 amide bonds. The van der Waals surface area contributed by atoms with Gasteiger partial charge in [0.15, 0.2) is 0 Å². The quantitative estimate of drug-likeness (QED) is 0.629. The van der Waals surface area contributed by atoms with Crippen LogP contribution >= 0.6 is 0 Å². The normalized spacial score (nSPS) is 8.92. The summed E-state index contributed by atoms with van der Waals surface area (Å²) in [6, 6.07) is 3.60. The molecular weight excluding hydrogens is 168 g/mol. The number of carbonyl (C=O) groups is 1. The van der Waals surface area contributed by atoms with Gasteiger partial charge in [0.2, 0.25) is 0 Å². The monoisotopic (exact) mass is 176 g/mol. The fourth-order valence-corrected chi connectivity index (χ4v) is 0.956. The minimum Gasteiger partial charge on any atom is -0.465 e. The minimum absolute atomic E-state index is 0.187. The number of carbonyl (C=O) groups excluding carboxylic acids is 1. The van der Waals surface area contributed by atoms with Crippen molar-refractivity contribution in [1.29, 1.82) is 5.26 Å². The number of hydrogen-bond donors (Lipinski definition) is 0. The van der Waals surface area contributed by atoms with Crippen molar-refractivity contribution in [3.05, 3.63) is 29.6 Å². The Morgan fingerprint density at radius 3 is 3.15 bits per heavy atom. The first-order valence-electron chi connectivity index (χ1n) is 3.67. The predicted octanol–water partition coefficient (Wildman–Crippen LogP) is 0.934. The van der Waals surface area contributed by atoms with Gasteiger partial charge in [0, 0.05) is 12.4 Å². The van der Waals surface area contributed by atoms with E-state index in [0.717, 1.165) is 0 Å². The second-order valence-electron chi connectivity index (χ2n) is 2.36. The summed E-state index contributed by atoms with van der Waals surface area (Å²) in [5.74, 6) is -0.460. The lowest BCUT2D eigenvalue weighted by molar-refractivity contribution is 0.0599. The van der Waals surface area contributed by atoms with Gasteiger partial charge in [-0.3, -0.25) is 4.98 Å². The highest BCUT2D eigenvalue weighted by atomic mass is 16.5. The summed E-state index contributed by atoms with van der Waals surface area (Å²) < 4.78 is 4.53. The van der Waals surface area contributed by atoms with E-state index in [1.807, 2.05) is 6.07 Å². The van der Waals surface area contributed by atoms with Gasteiger partial charge in [-0.1, -0.05) is 0 Å². The molecule has 0 radical (unpaired) electrons. The summed E-state index contributed by atoms with van der Waals surface area (Å²) in [5.41, 5.74) is 0.996. The standard InChI is InChI=1S/C9H8N2O2/c1-13-9(12)8-6-11-5-3-7(8)2-4-10/h3,5-6H,2H2,1H3. The van der Waals surface area contributed by atoms with Gasteiger partial charge in [0.1, 0.15) is 0 Å². The predicted molar refractivity (Wildman–Crippen MR) is 44.9 cm³/mol. The van der Waals surface area contributed by atoms with E-state index in [0.29, 0.717) is 11.1 Å². The number of pyridine rings is 1. The van der Waals surface area contributed by atoms with E-state index < -0.39 is 5.97 Å². The molecule has 0 aliphatic rings. The molecule has 1 aromatic rings. The zero-order chi connectivity index (χ0) is 9.68. The Morgan fingerprint density at radius 1 is 1.77 bits per heavy atom. The fourth-order valence-electron chi connectivity index (χ4n) is 0.956. The van der Waals surface area contributed by atoms with Crippen molar-refractivity contribution in [3.8, 4) is 6.07 Å². The lowest BCUT2D eigenvalue weighted by atomic mass is 10.1. The largest absolute Gasteiger partial charge is 0.465 e. The number of nitriles is 1. The van der Waals surface area contributed by atoms with E-state index in [-0.39, 0.29) is 6.42 Å². The first kappa shape index (κ1) is 9.20. The lowest BCUT2D eigenvalue weighted by Gasteiger charge is -2.02. The van der Waals surface area contributed by atoms with E-state index in [1.54, 1.807) is 12.3 Å². The molecule has 1 aromatic heterocycles. The number of hydrogen-bond acceptors (Lipinski definition) is 4. The minimum atomic E-state index is -0.460. The third-order valence-electron chi connectivity index (χ3n) is 1.59. The molecule has 0 spiro atoms. The summed E-state index contributed by atoms with van der Waals surface area (Å²) in [6.45, 7) is 0. The van der Waals surface area contributed by atoms with Crippen LogP contribution < -0.4 is 0 Å². The van der Waals surface area contributed by atoms with Crippen LogP contribution in [-0.2, 0) is 11.2 Å². The highest BCUT2D eigenvalue weighted by Crippen LogP contribution is 2.08. The van der Waals surface area contributed by atoms with Crippen LogP contribution in [0.5, 0.6) is 0 Å². The molecule has 0 N–H and O–H groups in total. The summed E-state index contributed by atoms with van der Waals surface area (Å²) in [4.78, 5) is 14.9. The van der Waals surface area contributed by atoms with Crippen molar-refractivity contribution in [1.82, 2.24) is 4.98 Å². The zero-order valence-corrected chi connectivity index (χ0v) is 7.15. The Hall–Kier alpha value is -1.89. The molecule has 0 saturated carbocycles. The number of aromatic nitrogens is 1. The number of esters is 1. The Balaban J connectivity index is 3.05. The second-order valence-corrected chi connectivity index (χ2v) is 2.36. The van der Waals surface area contributed by atoms with E-state index in [9.17, 15) is 4.79 Å². The average molecular weight is 176 g/mol. The van der Waals surface area contributed by atoms with E-state index >= 15 is 0 Å². The van der Waals surface area contributed by atoms with Crippen molar-refractivity contribution in [3.63, 3.8) is 0 Å². The molecule has 13 heavy (non-hydrogen) atoms. The third kappa shape index (κ3) is 2.03. The third-order valence-corrected chi connectivity index (χ3v) is 1.59. The van der Waals surface area contributed by atoms with Crippen LogP contribution in [-0.4, -0.2) is 18.1 Å². The molecule has 1 rings (SSSR count). The number of nitrogens with zero attached hydrogens (tertiary/aromatic N) is 2. The lowest BCUT2D eigenvalue weighted by Crippen LogP contribution is -2.05. The van der Waals surface area contributed by atoms with Crippen LogP contribution in [0.1, 0.15) is 15.9 Å². The summed E-state index contributed by atoms with van der Waals surface area (Å²) in [5, 5.41) is 8.48. The van der Waals surface area contributed by atoms with Crippen molar-refractivity contribution in [2.75, 3.05) is 7.11 Å². The molecule has 0 aliphatic heterocycles. The Labute approximate surface area is 75.8 Å². The van der Waals surface area contributed by atoms with Gasteiger partial charge in [-0.05, 0) is 11.6 Å². The number of rotatable bonds is 2. The van der Waals surface area contributed by atoms with E-state index in [4.69, 9.17) is 5.26 Å². The molecule has 0 aliphatic carbocycles. The topological polar surface area (TPSA) is 63.0 Å². The highest BCUT2D eigenvalue weighted by Gasteiger charge is 2.10. The van der Waals surface area contributed by atoms with Crippen molar-refractivity contribution >= 4 is 5.97 Å². The molecule has 1 heterocycles. The van der Waals surface area contributed by atoms with E-state index in [2.05, 4.69) is 9.72 Å². The zero-order valence-electron chi connectivity index (χ0n) is 7.15. The van der Waals surface area contributed by atoms with Crippen LogP contribution in [0.2, 0.25) is 0 Å². The van der Waals surface area contributed by atoms with Gasteiger partial charge in [-0.15, -0.1) is 0 Å². The molecule has 0 bridgehead atoms. The summed E-state index contributed by atoms with van der Waals surface area (Å²) in [6.07, 6.45) is 3.13. The molecule has 4 nitrogen and oxygen atoms in total. The molecule has 4 heteroatoms. The van der Waals surface area contributed by atoms with Crippen LogP contribution in [0.3, 0.4) is 0 Å². The Morgan fingerprint density at radius 2 is 2.54 bits per heavy atom. The number of methoxy groups -OCH3 is 1. The van der Waals surface area contributed by atoms with Gasteiger partial charge in [-0.25, -0.2) is 4.79 Å². The van der Waals surface area contributed by atoms with Gasteiger partial charge in [-0.2, -0.15) is 5.26 Å². The molecule has 0 fully saturated rings. The Bertz CT molecular complexity index is 355. The Kier molecular flexibility index (Phi) is 2.98. The summed E-state index contributed by atoms with van der Waals surface area (Å²) >= 11 is 0. The van der Waals surface area contributed by atoms with E-state index in [1.165, 1.54) is 13.3 Å². The van der Waals surface area contributed by atoms with Crippen LogP contribution in [0, 0.1) is 11.3 Å². The second kappa shape index (κ2) is 4.21. The van der Waals surface area contributed by atoms with Crippen LogP contribution in [0.4, 0.5) is 0 Å². The number of ether oxygens (including phenoxy) is 1. The molecular formula is C9H8N2O2. The maximum atomic E-state index is 11.1. The maximum Gasteiger partial charge on any atom is 0.339 e. The van der Waals surface area contributed by atoms with Crippen LogP contribution in [0.25, 0.3) is 0 Å².